The number of rotatable bonds is 3. The molecule has 22 heavy (non-hydrogen) atoms. The summed E-state index contributed by atoms with van der Waals surface area (Å²) in [5.74, 6) is -1.06. The van der Waals surface area contributed by atoms with Crippen molar-refractivity contribution >= 4 is 40.1 Å². The molecule has 6 nitrogen and oxygen atoms in total. The minimum atomic E-state index is -1.12. The minimum Gasteiger partial charge on any atom is -0.506 e. The predicted molar refractivity (Wildman–Crippen MR) is 82.9 cm³/mol. The van der Waals surface area contributed by atoms with E-state index in [0.717, 1.165) is 6.07 Å². The van der Waals surface area contributed by atoms with E-state index in [1.807, 2.05) is 12.1 Å². The molecule has 0 atom stereocenters. The van der Waals surface area contributed by atoms with Crippen molar-refractivity contribution in [1.29, 1.82) is 0 Å². The number of phenols is 1. The Morgan fingerprint density at radius 3 is 2.41 bits per heavy atom. The number of aromatic carboxylic acids is 1. The second kappa shape index (κ2) is 5.50. The number of para-hydroxylation sites is 2. The van der Waals surface area contributed by atoms with Crippen LogP contribution in [0.4, 0.5) is 11.5 Å². The van der Waals surface area contributed by atoms with Crippen LogP contribution in [0.3, 0.4) is 0 Å². The van der Waals surface area contributed by atoms with Crippen LogP contribution in [-0.2, 0) is 0 Å². The van der Waals surface area contributed by atoms with Gasteiger partial charge in [0.2, 0.25) is 0 Å². The lowest BCUT2D eigenvalue weighted by Crippen LogP contribution is -2.00. The number of hydrogen-bond donors (Lipinski definition) is 3. The molecule has 3 N–H and O–H groups in total. The lowest BCUT2D eigenvalue weighted by molar-refractivity contribution is 0.0696. The number of nitrogens with zero attached hydrogens (tertiary/aromatic N) is 2. The van der Waals surface area contributed by atoms with Crippen LogP contribution in [-0.4, -0.2) is 26.2 Å². The summed E-state index contributed by atoms with van der Waals surface area (Å²) in [5.41, 5.74) is 1.58. The van der Waals surface area contributed by atoms with Crippen molar-refractivity contribution in [3.63, 3.8) is 0 Å². The summed E-state index contributed by atoms with van der Waals surface area (Å²) in [6.45, 7) is 0. The number of carboxylic acids is 1. The number of benzene rings is 2. The molecular formula is C15H10ClN3O3. The third-order valence-electron chi connectivity index (χ3n) is 3.03. The number of hydrogen-bond acceptors (Lipinski definition) is 5. The molecular weight excluding hydrogens is 306 g/mol. The van der Waals surface area contributed by atoms with E-state index >= 15 is 0 Å². The van der Waals surface area contributed by atoms with Crippen LogP contribution in [0.25, 0.3) is 11.0 Å². The van der Waals surface area contributed by atoms with Crippen LogP contribution in [0.1, 0.15) is 10.4 Å². The van der Waals surface area contributed by atoms with Gasteiger partial charge in [-0.2, -0.15) is 0 Å². The zero-order chi connectivity index (χ0) is 15.7. The average Bonchev–Trinajstić information content (AvgIpc) is 2.49. The van der Waals surface area contributed by atoms with Crippen LogP contribution < -0.4 is 5.32 Å². The molecule has 3 rings (SSSR count). The summed E-state index contributed by atoms with van der Waals surface area (Å²) >= 11 is 6.08. The van der Waals surface area contributed by atoms with Crippen LogP contribution >= 0.6 is 11.6 Å². The van der Waals surface area contributed by atoms with Gasteiger partial charge in [0.1, 0.15) is 5.75 Å². The van der Waals surface area contributed by atoms with Gasteiger partial charge in [0.25, 0.3) is 0 Å². The van der Waals surface area contributed by atoms with Crippen LogP contribution in [0.5, 0.6) is 5.75 Å². The van der Waals surface area contributed by atoms with Gasteiger partial charge < -0.3 is 15.5 Å². The summed E-state index contributed by atoms with van der Waals surface area (Å²) in [7, 11) is 0. The third kappa shape index (κ3) is 2.64. The summed E-state index contributed by atoms with van der Waals surface area (Å²) < 4.78 is 0. The summed E-state index contributed by atoms with van der Waals surface area (Å²) in [6, 6.07) is 11.2. The lowest BCUT2D eigenvalue weighted by atomic mass is 10.2. The van der Waals surface area contributed by atoms with E-state index < -0.39 is 5.97 Å². The molecule has 0 amide bonds. The van der Waals surface area contributed by atoms with Gasteiger partial charge in [0, 0.05) is 0 Å². The largest absolute Gasteiger partial charge is 0.506 e. The first-order chi connectivity index (χ1) is 10.5. The first kappa shape index (κ1) is 14.1. The highest BCUT2D eigenvalue weighted by Gasteiger charge is 2.11. The van der Waals surface area contributed by atoms with E-state index in [9.17, 15) is 9.90 Å². The average molecular weight is 316 g/mol. The van der Waals surface area contributed by atoms with Gasteiger partial charge in [-0.25, -0.2) is 14.8 Å². The molecule has 0 saturated heterocycles. The fourth-order valence-corrected chi connectivity index (χ4v) is 2.14. The summed E-state index contributed by atoms with van der Waals surface area (Å²) in [4.78, 5) is 19.4. The van der Waals surface area contributed by atoms with Crippen LogP contribution in [0.15, 0.2) is 42.5 Å². The quantitative estimate of drug-likeness (QED) is 0.641. The van der Waals surface area contributed by atoms with Gasteiger partial charge >= 0.3 is 5.97 Å². The Labute approximate surface area is 130 Å². The van der Waals surface area contributed by atoms with Crippen molar-refractivity contribution in [1.82, 2.24) is 9.97 Å². The highest BCUT2D eigenvalue weighted by molar-refractivity contribution is 6.32. The van der Waals surface area contributed by atoms with Gasteiger partial charge in [-0.15, -0.1) is 0 Å². The van der Waals surface area contributed by atoms with Gasteiger partial charge in [-0.3, -0.25) is 0 Å². The Balaban J connectivity index is 1.99. The molecule has 7 heteroatoms. The molecule has 2 aromatic carbocycles. The number of nitrogens with one attached hydrogen (secondary N) is 1. The van der Waals surface area contributed by atoms with E-state index in [1.165, 1.54) is 12.1 Å². The summed E-state index contributed by atoms with van der Waals surface area (Å²) in [5, 5.41) is 21.8. The molecule has 0 unspecified atom stereocenters. The van der Waals surface area contributed by atoms with E-state index in [1.54, 1.807) is 12.1 Å². The molecule has 110 valence electrons. The summed E-state index contributed by atoms with van der Waals surface area (Å²) in [6.07, 6.45) is 0. The maximum absolute atomic E-state index is 10.8. The van der Waals surface area contributed by atoms with Crippen LogP contribution in [0.2, 0.25) is 5.15 Å². The highest BCUT2D eigenvalue weighted by atomic mass is 35.5. The zero-order valence-corrected chi connectivity index (χ0v) is 11.9. The fraction of sp³-hybridized carbons (Fsp3) is 0. The molecule has 0 spiro atoms. The van der Waals surface area contributed by atoms with Gasteiger partial charge in [-0.05, 0) is 30.3 Å². The smallest absolute Gasteiger partial charge is 0.335 e. The van der Waals surface area contributed by atoms with Crippen LogP contribution in [0, 0.1) is 0 Å². The number of aromatic hydroxyl groups is 1. The molecule has 0 radical (unpaired) electrons. The molecule has 0 aliphatic rings. The number of halogens is 1. The number of phenolic OH excluding ortho intramolecular Hbond substituents is 1. The van der Waals surface area contributed by atoms with Crippen molar-refractivity contribution in [3.8, 4) is 5.75 Å². The number of anilines is 2. The topological polar surface area (TPSA) is 95.3 Å². The van der Waals surface area contributed by atoms with E-state index in [4.69, 9.17) is 16.7 Å². The first-order valence-corrected chi connectivity index (χ1v) is 6.68. The molecule has 0 bridgehead atoms. The Hall–Kier alpha value is -2.86. The number of carbonyl (C=O) groups is 1. The molecule has 0 saturated carbocycles. The molecule has 0 aliphatic carbocycles. The SMILES string of the molecule is O=C(O)c1ccc(Nc2nc3ccccc3nc2Cl)c(O)c1. The normalized spacial score (nSPS) is 10.6. The van der Waals surface area contributed by atoms with E-state index in [2.05, 4.69) is 15.3 Å². The Bertz CT molecular complexity index is 883. The van der Waals surface area contributed by atoms with Crippen molar-refractivity contribution in [2.24, 2.45) is 0 Å². The predicted octanol–water partition coefficient (Wildman–Crippen LogP) is 3.43. The number of carboxylic acid groups (broad SMARTS) is 1. The standard InChI is InChI=1S/C15H10ClN3O3/c16-13-14(18-10-4-2-1-3-9(10)17-13)19-11-6-5-8(15(21)22)7-12(11)20/h1-7,20H,(H,18,19)(H,21,22). The molecule has 1 heterocycles. The molecule has 3 aromatic rings. The number of aromatic nitrogens is 2. The van der Waals surface area contributed by atoms with Gasteiger partial charge in [0.05, 0.1) is 22.3 Å². The zero-order valence-electron chi connectivity index (χ0n) is 11.1. The van der Waals surface area contributed by atoms with E-state index in [-0.39, 0.29) is 28.0 Å². The first-order valence-electron chi connectivity index (χ1n) is 6.30. The third-order valence-corrected chi connectivity index (χ3v) is 3.29. The van der Waals surface area contributed by atoms with Crippen molar-refractivity contribution in [2.75, 3.05) is 5.32 Å². The second-order valence-corrected chi connectivity index (χ2v) is 4.87. The van der Waals surface area contributed by atoms with E-state index in [0.29, 0.717) is 11.0 Å². The Morgan fingerprint density at radius 1 is 1.09 bits per heavy atom. The molecule has 1 aromatic heterocycles. The fourth-order valence-electron chi connectivity index (χ4n) is 1.96. The molecule has 0 aliphatic heterocycles. The monoisotopic (exact) mass is 315 g/mol. The Kier molecular flexibility index (Phi) is 3.52. The second-order valence-electron chi connectivity index (χ2n) is 4.51. The minimum absolute atomic E-state index is 0.0151. The van der Waals surface area contributed by atoms with Crippen molar-refractivity contribution < 1.29 is 15.0 Å². The van der Waals surface area contributed by atoms with Gasteiger partial charge in [-0.1, -0.05) is 23.7 Å². The maximum Gasteiger partial charge on any atom is 0.335 e. The lowest BCUT2D eigenvalue weighted by Gasteiger charge is -2.10. The maximum atomic E-state index is 10.8. The van der Waals surface area contributed by atoms with Gasteiger partial charge in [0.15, 0.2) is 11.0 Å². The number of fused-ring (bicyclic) bond motifs is 1. The Morgan fingerprint density at radius 2 is 1.77 bits per heavy atom. The van der Waals surface area contributed by atoms with Crippen molar-refractivity contribution in [3.05, 3.63) is 53.2 Å². The highest BCUT2D eigenvalue weighted by Crippen LogP contribution is 2.30. The van der Waals surface area contributed by atoms with Crippen molar-refractivity contribution in [2.45, 2.75) is 0 Å². The molecule has 0 fully saturated rings.